The number of rotatable bonds is 4. The molecule has 3 heterocycles. The third-order valence-corrected chi connectivity index (χ3v) is 4.27. The van der Waals surface area contributed by atoms with Gasteiger partial charge in [-0.15, -0.1) is 11.3 Å². The van der Waals surface area contributed by atoms with Crippen molar-refractivity contribution in [3.8, 4) is 11.5 Å². The molecule has 0 spiro atoms. The van der Waals surface area contributed by atoms with Crippen molar-refractivity contribution in [1.82, 2.24) is 19.9 Å². The van der Waals surface area contributed by atoms with E-state index in [1.807, 2.05) is 5.38 Å². The van der Waals surface area contributed by atoms with Gasteiger partial charge < -0.3 is 14.8 Å². The summed E-state index contributed by atoms with van der Waals surface area (Å²) in [5, 5.41) is 9.04. The zero-order valence-electron chi connectivity index (χ0n) is 11.5. The molecule has 0 bridgehead atoms. The molecule has 1 aliphatic rings. The minimum atomic E-state index is -0.136. The molecule has 1 N–H and O–H groups in total. The van der Waals surface area contributed by atoms with Crippen molar-refractivity contribution in [2.75, 3.05) is 13.3 Å². The van der Waals surface area contributed by atoms with Crippen LogP contribution in [0.4, 0.5) is 0 Å². The van der Waals surface area contributed by atoms with Gasteiger partial charge in [-0.05, 0) is 18.2 Å². The van der Waals surface area contributed by atoms with Gasteiger partial charge in [0.25, 0.3) is 5.91 Å². The second kappa shape index (κ2) is 5.30. The van der Waals surface area contributed by atoms with Crippen molar-refractivity contribution in [1.29, 1.82) is 0 Å². The Morgan fingerprint density at radius 1 is 1.36 bits per heavy atom. The van der Waals surface area contributed by atoms with Gasteiger partial charge in [0.15, 0.2) is 11.5 Å². The molecule has 0 aliphatic carbocycles. The van der Waals surface area contributed by atoms with Crippen LogP contribution in [0.15, 0.2) is 29.9 Å². The number of benzene rings is 1. The highest BCUT2D eigenvalue weighted by Gasteiger charge is 2.16. The van der Waals surface area contributed by atoms with Crippen LogP contribution in [0.2, 0.25) is 0 Å². The minimum Gasteiger partial charge on any atom is -0.454 e. The van der Waals surface area contributed by atoms with Gasteiger partial charge in [-0.1, -0.05) is 0 Å². The summed E-state index contributed by atoms with van der Waals surface area (Å²) < 4.78 is 12.3. The fourth-order valence-electron chi connectivity index (χ4n) is 2.29. The first kappa shape index (κ1) is 13.1. The van der Waals surface area contributed by atoms with Crippen molar-refractivity contribution in [3.63, 3.8) is 0 Å². The summed E-state index contributed by atoms with van der Waals surface area (Å²) in [7, 11) is 0. The van der Waals surface area contributed by atoms with Crippen molar-refractivity contribution in [2.24, 2.45) is 0 Å². The molecule has 0 fully saturated rings. The van der Waals surface area contributed by atoms with Gasteiger partial charge in [0.05, 0.1) is 5.69 Å². The molecule has 4 rings (SSSR count). The van der Waals surface area contributed by atoms with E-state index in [0.717, 1.165) is 10.7 Å². The number of fused-ring (bicyclic) bond motifs is 2. The van der Waals surface area contributed by atoms with Crippen LogP contribution >= 0.6 is 11.3 Å². The number of ether oxygens (including phenoxy) is 2. The Bertz CT molecular complexity index is 842. The Balaban J connectivity index is 1.39. The van der Waals surface area contributed by atoms with Crippen molar-refractivity contribution in [2.45, 2.75) is 6.42 Å². The lowest BCUT2D eigenvalue weighted by molar-refractivity contribution is 0.0953. The number of aromatic nitrogens is 3. The van der Waals surface area contributed by atoms with E-state index in [1.165, 1.54) is 17.7 Å². The Morgan fingerprint density at radius 3 is 3.23 bits per heavy atom. The largest absolute Gasteiger partial charge is 0.454 e. The Labute approximate surface area is 129 Å². The van der Waals surface area contributed by atoms with Crippen molar-refractivity contribution >= 4 is 22.2 Å². The van der Waals surface area contributed by atoms with E-state index < -0.39 is 0 Å². The maximum absolute atomic E-state index is 12.1. The van der Waals surface area contributed by atoms with Crippen molar-refractivity contribution < 1.29 is 14.3 Å². The summed E-state index contributed by atoms with van der Waals surface area (Å²) in [6.07, 6.45) is 2.22. The summed E-state index contributed by atoms with van der Waals surface area (Å²) in [4.78, 5) is 17.1. The molecule has 1 amide bonds. The summed E-state index contributed by atoms with van der Waals surface area (Å²) in [6.45, 7) is 0.728. The van der Waals surface area contributed by atoms with Crippen LogP contribution in [0.3, 0.4) is 0 Å². The molecule has 3 aromatic rings. The lowest BCUT2D eigenvalue weighted by Gasteiger charge is -2.05. The normalized spacial score (nSPS) is 12.7. The lowest BCUT2D eigenvalue weighted by Crippen LogP contribution is -2.25. The summed E-state index contributed by atoms with van der Waals surface area (Å²) >= 11 is 1.54. The molecular formula is C14H12N4O3S. The molecule has 1 aliphatic heterocycles. The minimum absolute atomic E-state index is 0.136. The molecule has 22 heavy (non-hydrogen) atoms. The third kappa shape index (κ3) is 2.27. The van der Waals surface area contributed by atoms with Crippen LogP contribution in [0, 0.1) is 0 Å². The number of hydrogen-bond donors (Lipinski definition) is 1. The highest BCUT2D eigenvalue weighted by atomic mass is 32.1. The smallest absolute Gasteiger partial charge is 0.251 e. The van der Waals surface area contributed by atoms with E-state index in [9.17, 15) is 4.79 Å². The molecule has 8 heteroatoms. The second-order valence-corrected chi connectivity index (χ2v) is 5.59. The average Bonchev–Trinajstić information content (AvgIpc) is 3.23. The number of hydrogen-bond acceptors (Lipinski definition) is 6. The van der Waals surface area contributed by atoms with Gasteiger partial charge in [0, 0.05) is 23.9 Å². The maximum Gasteiger partial charge on any atom is 0.251 e. The van der Waals surface area contributed by atoms with Gasteiger partial charge in [0.2, 0.25) is 11.8 Å². The molecule has 2 aromatic heterocycles. The van der Waals surface area contributed by atoms with Crippen LogP contribution in [0.25, 0.3) is 4.96 Å². The van der Waals surface area contributed by atoms with Gasteiger partial charge in [-0.3, -0.25) is 4.79 Å². The summed E-state index contributed by atoms with van der Waals surface area (Å²) in [5.74, 6) is 1.14. The Morgan fingerprint density at radius 2 is 2.27 bits per heavy atom. The molecule has 1 aromatic carbocycles. The van der Waals surface area contributed by atoms with E-state index in [2.05, 4.69) is 15.4 Å². The van der Waals surface area contributed by atoms with Crippen LogP contribution < -0.4 is 14.8 Å². The van der Waals surface area contributed by atoms with Gasteiger partial charge in [0.1, 0.15) is 6.33 Å². The van der Waals surface area contributed by atoms with Gasteiger partial charge in [-0.25, -0.2) is 9.50 Å². The van der Waals surface area contributed by atoms with Crippen LogP contribution in [-0.4, -0.2) is 33.8 Å². The quantitative estimate of drug-likeness (QED) is 0.789. The maximum atomic E-state index is 12.1. The molecule has 0 unspecified atom stereocenters. The highest BCUT2D eigenvalue weighted by Crippen LogP contribution is 2.32. The van der Waals surface area contributed by atoms with E-state index >= 15 is 0 Å². The third-order valence-electron chi connectivity index (χ3n) is 3.39. The molecule has 0 atom stereocenters. The topological polar surface area (TPSA) is 77.8 Å². The lowest BCUT2D eigenvalue weighted by atomic mass is 10.2. The number of amides is 1. The van der Waals surface area contributed by atoms with E-state index in [4.69, 9.17) is 9.47 Å². The van der Waals surface area contributed by atoms with E-state index in [-0.39, 0.29) is 12.7 Å². The fraction of sp³-hybridized carbons (Fsp3) is 0.214. The SMILES string of the molecule is O=C(NCCc1csc2ncnn12)c1ccc2c(c1)OCO2. The molecule has 0 saturated carbocycles. The Hall–Kier alpha value is -2.61. The zero-order valence-corrected chi connectivity index (χ0v) is 12.3. The van der Waals surface area contributed by atoms with Crippen LogP contribution in [-0.2, 0) is 6.42 Å². The molecule has 0 radical (unpaired) electrons. The van der Waals surface area contributed by atoms with Crippen LogP contribution in [0.1, 0.15) is 16.1 Å². The van der Waals surface area contributed by atoms with E-state index in [1.54, 1.807) is 22.7 Å². The predicted octanol–water partition coefficient (Wildman–Crippen LogP) is 1.49. The average molecular weight is 316 g/mol. The zero-order chi connectivity index (χ0) is 14.9. The molecule has 7 nitrogen and oxygen atoms in total. The molecular weight excluding hydrogens is 304 g/mol. The first-order valence-corrected chi connectivity index (χ1v) is 7.63. The number of thiazole rings is 1. The molecule has 112 valence electrons. The van der Waals surface area contributed by atoms with Gasteiger partial charge in [-0.2, -0.15) is 5.10 Å². The number of carbonyl (C=O) groups excluding carboxylic acids is 1. The number of carbonyl (C=O) groups is 1. The second-order valence-electron chi connectivity index (χ2n) is 4.76. The van der Waals surface area contributed by atoms with Gasteiger partial charge >= 0.3 is 0 Å². The summed E-state index contributed by atoms with van der Waals surface area (Å²) in [6, 6.07) is 5.16. The fourth-order valence-corrected chi connectivity index (χ4v) is 3.12. The molecule has 0 saturated heterocycles. The highest BCUT2D eigenvalue weighted by molar-refractivity contribution is 7.15. The monoisotopic (exact) mass is 316 g/mol. The van der Waals surface area contributed by atoms with Crippen molar-refractivity contribution in [3.05, 3.63) is 41.2 Å². The standard InChI is InChI=1S/C14H12N4O3S/c19-13(9-1-2-11-12(5-9)21-8-20-11)15-4-3-10-6-22-14-16-7-17-18(10)14/h1-2,5-7H,3-4,8H2,(H,15,19). The van der Waals surface area contributed by atoms with Crippen LogP contribution in [0.5, 0.6) is 11.5 Å². The summed E-state index contributed by atoms with van der Waals surface area (Å²) in [5.41, 5.74) is 1.59. The Kier molecular flexibility index (Phi) is 3.15. The number of nitrogens with zero attached hydrogens (tertiary/aromatic N) is 3. The van der Waals surface area contributed by atoms with E-state index in [0.29, 0.717) is 30.0 Å². The first-order valence-electron chi connectivity index (χ1n) is 6.75. The predicted molar refractivity (Wildman–Crippen MR) is 79.5 cm³/mol. The number of nitrogens with one attached hydrogen (secondary N) is 1. The first-order chi connectivity index (χ1) is 10.8.